The van der Waals surface area contributed by atoms with Crippen molar-refractivity contribution in [1.82, 2.24) is 4.98 Å². The second-order valence-electron chi connectivity index (χ2n) is 5.10. The standard InChI is InChI=1S/C13H18F3N/c1-4-8-12(2,3)9-10-6-5-7-11(17-10)13(14,15)16/h5-7H,4,8-9H2,1-3H3. The van der Waals surface area contributed by atoms with Gasteiger partial charge in [-0.3, -0.25) is 0 Å². The topological polar surface area (TPSA) is 12.9 Å². The Kier molecular flexibility index (Phi) is 4.17. The molecule has 0 spiro atoms. The monoisotopic (exact) mass is 245 g/mol. The van der Waals surface area contributed by atoms with Gasteiger partial charge >= 0.3 is 6.18 Å². The Labute approximate surface area is 100 Å². The Hall–Kier alpha value is -1.06. The molecule has 0 saturated heterocycles. The van der Waals surface area contributed by atoms with Crippen LogP contribution in [-0.2, 0) is 12.6 Å². The number of rotatable bonds is 4. The van der Waals surface area contributed by atoms with Gasteiger partial charge in [0.15, 0.2) is 0 Å². The van der Waals surface area contributed by atoms with Crippen LogP contribution >= 0.6 is 0 Å². The predicted molar refractivity (Wildman–Crippen MR) is 61.6 cm³/mol. The summed E-state index contributed by atoms with van der Waals surface area (Å²) in [6, 6.07) is 4.09. The van der Waals surface area contributed by atoms with Crippen molar-refractivity contribution in [2.45, 2.75) is 46.2 Å². The van der Waals surface area contributed by atoms with Crippen LogP contribution in [0.1, 0.15) is 45.0 Å². The van der Waals surface area contributed by atoms with E-state index in [1.54, 1.807) is 6.07 Å². The summed E-state index contributed by atoms with van der Waals surface area (Å²) in [6.07, 6.45) is -1.79. The smallest absolute Gasteiger partial charge is 0.248 e. The first-order chi connectivity index (χ1) is 7.74. The van der Waals surface area contributed by atoms with E-state index in [0.717, 1.165) is 18.9 Å². The van der Waals surface area contributed by atoms with Gasteiger partial charge in [-0.1, -0.05) is 33.3 Å². The lowest BCUT2D eigenvalue weighted by atomic mass is 9.83. The van der Waals surface area contributed by atoms with Crippen LogP contribution in [0.4, 0.5) is 13.2 Å². The van der Waals surface area contributed by atoms with Crippen molar-refractivity contribution in [2.75, 3.05) is 0 Å². The highest BCUT2D eigenvalue weighted by atomic mass is 19.4. The summed E-state index contributed by atoms with van der Waals surface area (Å²) in [4.78, 5) is 3.69. The van der Waals surface area contributed by atoms with Crippen LogP contribution in [0.5, 0.6) is 0 Å². The highest BCUT2D eigenvalue weighted by Crippen LogP contribution is 2.30. The van der Waals surface area contributed by atoms with Crippen molar-refractivity contribution < 1.29 is 13.2 Å². The molecule has 0 aliphatic rings. The zero-order chi connectivity index (χ0) is 13.1. The third-order valence-electron chi connectivity index (χ3n) is 2.68. The molecule has 0 amide bonds. The lowest BCUT2D eigenvalue weighted by Crippen LogP contribution is -2.17. The van der Waals surface area contributed by atoms with Gasteiger partial charge in [0.25, 0.3) is 0 Å². The normalized spacial score (nSPS) is 12.8. The lowest BCUT2D eigenvalue weighted by molar-refractivity contribution is -0.141. The number of nitrogens with zero attached hydrogens (tertiary/aromatic N) is 1. The predicted octanol–water partition coefficient (Wildman–Crippen LogP) is 4.47. The minimum Gasteiger partial charge on any atom is -0.248 e. The quantitative estimate of drug-likeness (QED) is 0.762. The number of aromatic nitrogens is 1. The molecule has 1 aromatic rings. The van der Waals surface area contributed by atoms with Crippen molar-refractivity contribution in [2.24, 2.45) is 5.41 Å². The van der Waals surface area contributed by atoms with Crippen LogP contribution in [0.25, 0.3) is 0 Å². The minimum absolute atomic E-state index is 0.00796. The van der Waals surface area contributed by atoms with E-state index in [1.165, 1.54) is 6.07 Å². The van der Waals surface area contributed by atoms with Gasteiger partial charge in [-0.2, -0.15) is 13.2 Å². The molecule has 0 aliphatic heterocycles. The Morgan fingerprint density at radius 2 is 1.82 bits per heavy atom. The molecule has 1 nitrogen and oxygen atoms in total. The fourth-order valence-electron chi connectivity index (χ4n) is 1.99. The summed E-state index contributed by atoms with van der Waals surface area (Å²) in [5, 5.41) is 0. The molecule has 1 heterocycles. The first-order valence-corrected chi connectivity index (χ1v) is 5.78. The third kappa shape index (κ3) is 4.36. The molecule has 0 atom stereocenters. The highest BCUT2D eigenvalue weighted by Gasteiger charge is 2.32. The summed E-state index contributed by atoms with van der Waals surface area (Å²) < 4.78 is 37.5. The second kappa shape index (κ2) is 5.07. The zero-order valence-electron chi connectivity index (χ0n) is 10.4. The van der Waals surface area contributed by atoms with E-state index in [9.17, 15) is 13.2 Å². The van der Waals surface area contributed by atoms with Crippen LogP contribution in [0.2, 0.25) is 0 Å². The average molecular weight is 245 g/mol. The molecule has 4 heteroatoms. The van der Waals surface area contributed by atoms with Gasteiger partial charge in [0.2, 0.25) is 0 Å². The van der Waals surface area contributed by atoms with Gasteiger partial charge in [0.05, 0.1) is 0 Å². The van der Waals surface area contributed by atoms with Crippen molar-refractivity contribution in [3.8, 4) is 0 Å². The number of hydrogen-bond acceptors (Lipinski definition) is 1. The molecule has 0 radical (unpaired) electrons. The molecule has 0 aliphatic carbocycles. The number of hydrogen-bond donors (Lipinski definition) is 0. The molecule has 0 unspecified atom stereocenters. The van der Waals surface area contributed by atoms with E-state index in [-0.39, 0.29) is 5.41 Å². The summed E-state index contributed by atoms with van der Waals surface area (Å²) >= 11 is 0. The Balaban J connectivity index is 2.86. The summed E-state index contributed by atoms with van der Waals surface area (Å²) in [5.74, 6) is 0. The van der Waals surface area contributed by atoms with Crippen molar-refractivity contribution in [3.63, 3.8) is 0 Å². The molecule has 17 heavy (non-hydrogen) atoms. The lowest BCUT2D eigenvalue weighted by Gasteiger charge is -2.23. The summed E-state index contributed by atoms with van der Waals surface area (Å²) in [6.45, 7) is 6.18. The molecular weight excluding hydrogens is 227 g/mol. The van der Waals surface area contributed by atoms with Gasteiger partial charge in [-0.15, -0.1) is 0 Å². The van der Waals surface area contributed by atoms with Gasteiger partial charge in [-0.05, 0) is 30.4 Å². The van der Waals surface area contributed by atoms with Crippen LogP contribution < -0.4 is 0 Å². The maximum Gasteiger partial charge on any atom is 0.433 e. The van der Waals surface area contributed by atoms with Gasteiger partial charge in [0, 0.05) is 5.69 Å². The number of halogens is 3. The largest absolute Gasteiger partial charge is 0.433 e. The van der Waals surface area contributed by atoms with Gasteiger partial charge < -0.3 is 0 Å². The summed E-state index contributed by atoms with van der Waals surface area (Å²) in [5.41, 5.74) is -0.299. The molecule has 96 valence electrons. The fourth-order valence-corrected chi connectivity index (χ4v) is 1.99. The Morgan fingerprint density at radius 3 is 2.35 bits per heavy atom. The molecule has 0 bridgehead atoms. The Morgan fingerprint density at radius 1 is 1.18 bits per heavy atom. The number of alkyl halides is 3. The molecule has 0 saturated carbocycles. The van der Waals surface area contributed by atoms with Crippen molar-refractivity contribution >= 4 is 0 Å². The van der Waals surface area contributed by atoms with E-state index in [4.69, 9.17) is 0 Å². The third-order valence-corrected chi connectivity index (χ3v) is 2.68. The maximum atomic E-state index is 12.5. The number of pyridine rings is 1. The van der Waals surface area contributed by atoms with E-state index in [2.05, 4.69) is 25.8 Å². The first kappa shape index (κ1) is 14.0. The van der Waals surface area contributed by atoms with Crippen LogP contribution in [0.15, 0.2) is 18.2 Å². The Bertz CT molecular complexity index is 369. The second-order valence-corrected chi connectivity index (χ2v) is 5.10. The molecule has 0 aromatic carbocycles. The molecule has 0 fully saturated rings. The van der Waals surface area contributed by atoms with Crippen LogP contribution in [0, 0.1) is 5.41 Å². The fraction of sp³-hybridized carbons (Fsp3) is 0.615. The van der Waals surface area contributed by atoms with E-state index < -0.39 is 11.9 Å². The SMILES string of the molecule is CCCC(C)(C)Cc1cccc(C(F)(F)F)n1. The maximum absolute atomic E-state index is 12.5. The van der Waals surface area contributed by atoms with E-state index >= 15 is 0 Å². The van der Waals surface area contributed by atoms with Gasteiger partial charge in [-0.25, -0.2) is 4.98 Å². The van der Waals surface area contributed by atoms with Crippen molar-refractivity contribution in [1.29, 1.82) is 0 Å². The van der Waals surface area contributed by atoms with E-state index in [1.807, 2.05) is 0 Å². The van der Waals surface area contributed by atoms with E-state index in [0.29, 0.717) is 12.1 Å². The molecule has 1 aromatic heterocycles. The first-order valence-electron chi connectivity index (χ1n) is 5.78. The average Bonchev–Trinajstić information content (AvgIpc) is 2.15. The molecule has 1 rings (SSSR count). The van der Waals surface area contributed by atoms with Crippen LogP contribution in [0.3, 0.4) is 0 Å². The van der Waals surface area contributed by atoms with Gasteiger partial charge in [0.1, 0.15) is 5.69 Å². The zero-order valence-corrected chi connectivity index (χ0v) is 10.4. The molecule has 0 N–H and O–H groups in total. The minimum atomic E-state index is -4.36. The van der Waals surface area contributed by atoms with Crippen LogP contribution in [-0.4, -0.2) is 4.98 Å². The summed E-state index contributed by atoms with van der Waals surface area (Å²) in [7, 11) is 0. The highest BCUT2D eigenvalue weighted by molar-refractivity contribution is 5.14. The van der Waals surface area contributed by atoms with Crippen molar-refractivity contribution in [3.05, 3.63) is 29.6 Å². The molecular formula is C13H18F3N.